The molecular formula is C10H18N4OS. The van der Waals surface area contributed by atoms with Gasteiger partial charge >= 0.3 is 0 Å². The molecule has 0 spiro atoms. The van der Waals surface area contributed by atoms with E-state index >= 15 is 0 Å². The van der Waals surface area contributed by atoms with Gasteiger partial charge < -0.3 is 11.1 Å². The zero-order valence-corrected chi connectivity index (χ0v) is 10.7. The minimum absolute atomic E-state index is 0.00679. The van der Waals surface area contributed by atoms with Gasteiger partial charge in [0.2, 0.25) is 0 Å². The lowest BCUT2D eigenvalue weighted by Crippen LogP contribution is -2.36. The van der Waals surface area contributed by atoms with Crippen molar-refractivity contribution < 1.29 is 4.79 Å². The molecule has 0 aliphatic heterocycles. The lowest BCUT2D eigenvalue weighted by Gasteiger charge is -2.10. The fourth-order valence-corrected chi connectivity index (χ4v) is 1.92. The van der Waals surface area contributed by atoms with E-state index in [-0.39, 0.29) is 17.9 Å². The lowest BCUT2D eigenvalue weighted by atomic mass is 10.1. The number of aromatic nitrogens is 2. The Balaban J connectivity index is 2.62. The summed E-state index contributed by atoms with van der Waals surface area (Å²) in [6.07, 6.45) is 0.845. The smallest absolute Gasteiger partial charge is 0.265 e. The summed E-state index contributed by atoms with van der Waals surface area (Å²) in [6.45, 7) is 6.46. The number of carbonyl (C=O) groups is 1. The van der Waals surface area contributed by atoms with Crippen LogP contribution < -0.4 is 11.1 Å². The van der Waals surface area contributed by atoms with Crippen molar-refractivity contribution in [2.24, 2.45) is 5.73 Å². The first kappa shape index (κ1) is 13.1. The molecule has 0 saturated heterocycles. The molecule has 0 aromatic carbocycles. The van der Waals surface area contributed by atoms with Gasteiger partial charge in [-0.25, -0.2) is 0 Å². The van der Waals surface area contributed by atoms with Gasteiger partial charge in [-0.05, 0) is 23.9 Å². The van der Waals surface area contributed by atoms with Gasteiger partial charge in [-0.2, -0.15) is 0 Å². The molecule has 6 heteroatoms. The first-order valence-corrected chi connectivity index (χ1v) is 6.19. The third kappa shape index (κ3) is 3.24. The standard InChI is InChI=1S/C10H18N4OS/c1-4-7(11)5-12-10(15)9-8(6(2)3)13-14-16-9/h6-7H,4-5,11H2,1-3H3,(H,12,15). The molecule has 1 rings (SSSR count). The van der Waals surface area contributed by atoms with E-state index in [9.17, 15) is 4.79 Å². The summed E-state index contributed by atoms with van der Waals surface area (Å²) in [4.78, 5) is 12.4. The highest BCUT2D eigenvalue weighted by atomic mass is 32.1. The number of rotatable bonds is 5. The number of hydrogen-bond donors (Lipinski definition) is 2. The van der Waals surface area contributed by atoms with Crippen molar-refractivity contribution in [1.82, 2.24) is 14.9 Å². The van der Waals surface area contributed by atoms with E-state index in [0.717, 1.165) is 23.6 Å². The maximum absolute atomic E-state index is 11.8. The summed E-state index contributed by atoms with van der Waals surface area (Å²) in [5.74, 6) is 0.0851. The second-order valence-corrected chi connectivity index (χ2v) is 4.77. The molecule has 1 unspecified atom stereocenters. The Kier molecular flexibility index (Phi) is 4.82. The average molecular weight is 242 g/mol. The predicted molar refractivity (Wildman–Crippen MR) is 64.6 cm³/mol. The first-order chi connectivity index (χ1) is 7.56. The van der Waals surface area contributed by atoms with Crippen molar-refractivity contribution in [2.75, 3.05) is 6.54 Å². The highest BCUT2D eigenvalue weighted by Gasteiger charge is 2.18. The molecule has 3 N–H and O–H groups in total. The van der Waals surface area contributed by atoms with E-state index < -0.39 is 0 Å². The minimum Gasteiger partial charge on any atom is -0.350 e. The number of nitrogens with zero attached hydrogens (tertiary/aromatic N) is 2. The molecular weight excluding hydrogens is 224 g/mol. The van der Waals surface area contributed by atoms with Crippen LogP contribution in [0.25, 0.3) is 0 Å². The van der Waals surface area contributed by atoms with Crippen molar-refractivity contribution in [3.05, 3.63) is 10.6 Å². The fraction of sp³-hybridized carbons (Fsp3) is 0.700. The van der Waals surface area contributed by atoms with Gasteiger partial charge in [-0.15, -0.1) is 5.10 Å². The van der Waals surface area contributed by atoms with Crippen LogP contribution >= 0.6 is 11.5 Å². The van der Waals surface area contributed by atoms with Crippen LogP contribution in [0.5, 0.6) is 0 Å². The molecule has 0 radical (unpaired) electrons. The molecule has 0 bridgehead atoms. The Morgan fingerprint density at radius 1 is 1.56 bits per heavy atom. The lowest BCUT2D eigenvalue weighted by molar-refractivity contribution is 0.0953. The van der Waals surface area contributed by atoms with Crippen molar-refractivity contribution in [3.63, 3.8) is 0 Å². The Labute approximate surface area is 99.6 Å². The van der Waals surface area contributed by atoms with Crippen LogP contribution in [-0.2, 0) is 0 Å². The molecule has 0 aliphatic rings. The van der Waals surface area contributed by atoms with Gasteiger partial charge in [0.15, 0.2) is 0 Å². The number of carbonyl (C=O) groups excluding carboxylic acids is 1. The van der Waals surface area contributed by atoms with Crippen molar-refractivity contribution in [3.8, 4) is 0 Å². The molecule has 0 fully saturated rings. The second-order valence-electron chi connectivity index (χ2n) is 4.02. The van der Waals surface area contributed by atoms with Gasteiger partial charge in [0.25, 0.3) is 5.91 Å². The molecule has 1 amide bonds. The van der Waals surface area contributed by atoms with Crippen molar-refractivity contribution >= 4 is 17.4 Å². The van der Waals surface area contributed by atoms with Gasteiger partial charge in [0, 0.05) is 12.6 Å². The largest absolute Gasteiger partial charge is 0.350 e. The van der Waals surface area contributed by atoms with E-state index in [2.05, 4.69) is 14.9 Å². The third-order valence-electron chi connectivity index (χ3n) is 2.32. The quantitative estimate of drug-likeness (QED) is 0.811. The van der Waals surface area contributed by atoms with Crippen molar-refractivity contribution in [1.29, 1.82) is 0 Å². The van der Waals surface area contributed by atoms with E-state index in [1.807, 2.05) is 20.8 Å². The van der Waals surface area contributed by atoms with E-state index in [4.69, 9.17) is 5.73 Å². The topological polar surface area (TPSA) is 80.9 Å². The van der Waals surface area contributed by atoms with E-state index in [0.29, 0.717) is 11.4 Å². The van der Waals surface area contributed by atoms with Crippen LogP contribution in [0.1, 0.15) is 48.5 Å². The van der Waals surface area contributed by atoms with Gasteiger partial charge in [0.05, 0.1) is 5.69 Å². The zero-order valence-electron chi connectivity index (χ0n) is 9.86. The number of nitrogens with two attached hydrogens (primary N) is 1. The summed E-state index contributed by atoms with van der Waals surface area (Å²) in [5.41, 5.74) is 6.49. The fourth-order valence-electron chi connectivity index (χ4n) is 1.18. The molecule has 1 heterocycles. The molecule has 16 heavy (non-hydrogen) atoms. The molecule has 5 nitrogen and oxygen atoms in total. The molecule has 1 aromatic heterocycles. The predicted octanol–water partition coefficient (Wildman–Crippen LogP) is 1.13. The Morgan fingerprint density at radius 2 is 2.25 bits per heavy atom. The average Bonchev–Trinajstić information content (AvgIpc) is 2.74. The van der Waals surface area contributed by atoms with Crippen molar-refractivity contribution in [2.45, 2.75) is 39.2 Å². The van der Waals surface area contributed by atoms with Gasteiger partial charge in [-0.1, -0.05) is 25.3 Å². The maximum Gasteiger partial charge on any atom is 0.265 e. The Bertz CT molecular complexity index is 350. The monoisotopic (exact) mass is 242 g/mol. The SMILES string of the molecule is CCC(N)CNC(=O)c1snnc1C(C)C. The van der Waals surface area contributed by atoms with Crippen LogP contribution in [0.15, 0.2) is 0 Å². The van der Waals surface area contributed by atoms with Crippen LogP contribution in [0.3, 0.4) is 0 Å². The number of nitrogens with one attached hydrogen (secondary N) is 1. The Morgan fingerprint density at radius 3 is 2.81 bits per heavy atom. The second kappa shape index (κ2) is 5.91. The molecule has 0 saturated carbocycles. The summed E-state index contributed by atoms with van der Waals surface area (Å²) in [6, 6.07) is 0.00679. The summed E-state index contributed by atoms with van der Waals surface area (Å²) in [7, 11) is 0. The molecule has 1 aromatic rings. The van der Waals surface area contributed by atoms with E-state index in [1.54, 1.807) is 0 Å². The maximum atomic E-state index is 11.8. The highest BCUT2D eigenvalue weighted by Crippen LogP contribution is 2.19. The minimum atomic E-state index is -0.123. The van der Waals surface area contributed by atoms with Crippen LogP contribution in [0.4, 0.5) is 0 Å². The summed E-state index contributed by atoms with van der Waals surface area (Å²) in [5, 5.41) is 6.76. The van der Waals surface area contributed by atoms with Crippen LogP contribution in [0.2, 0.25) is 0 Å². The number of hydrogen-bond acceptors (Lipinski definition) is 5. The molecule has 1 atom stereocenters. The number of amides is 1. The summed E-state index contributed by atoms with van der Waals surface area (Å²) >= 11 is 1.13. The van der Waals surface area contributed by atoms with E-state index in [1.165, 1.54) is 0 Å². The van der Waals surface area contributed by atoms with Crippen LogP contribution in [0, 0.1) is 0 Å². The molecule has 0 aliphatic carbocycles. The Hall–Kier alpha value is -1.01. The first-order valence-electron chi connectivity index (χ1n) is 5.42. The van der Waals surface area contributed by atoms with Gasteiger partial charge in [-0.3, -0.25) is 4.79 Å². The van der Waals surface area contributed by atoms with Crippen LogP contribution in [-0.4, -0.2) is 28.1 Å². The highest BCUT2D eigenvalue weighted by molar-refractivity contribution is 7.08. The molecule has 90 valence electrons. The zero-order chi connectivity index (χ0) is 12.1. The normalized spacial score (nSPS) is 12.8. The third-order valence-corrected chi connectivity index (χ3v) is 3.06. The summed E-state index contributed by atoms with van der Waals surface area (Å²) < 4.78 is 3.81. The van der Waals surface area contributed by atoms with Gasteiger partial charge in [0.1, 0.15) is 4.88 Å².